The third kappa shape index (κ3) is 5.14. The van der Waals surface area contributed by atoms with E-state index in [9.17, 15) is 4.79 Å². The van der Waals surface area contributed by atoms with Crippen molar-refractivity contribution >= 4 is 11.6 Å². The normalized spacial score (nSPS) is 11.1. The molecule has 0 radical (unpaired) electrons. The van der Waals surface area contributed by atoms with Crippen molar-refractivity contribution in [3.63, 3.8) is 0 Å². The molecule has 1 aromatic heterocycles. The third-order valence-corrected chi connectivity index (χ3v) is 3.95. The fourth-order valence-electron chi connectivity index (χ4n) is 2.42. The lowest BCUT2D eigenvalue weighted by molar-refractivity contribution is 0.102. The lowest BCUT2D eigenvalue weighted by Crippen LogP contribution is -2.17. The second-order valence-electron chi connectivity index (χ2n) is 7.30. The first kappa shape index (κ1) is 18.6. The van der Waals surface area contributed by atoms with Crippen LogP contribution in [0.15, 0.2) is 67.0 Å². The summed E-state index contributed by atoms with van der Waals surface area (Å²) < 4.78 is 5.71. The molecule has 1 N–H and O–H groups in total. The molecule has 0 saturated carbocycles. The van der Waals surface area contributed by atoms with Crippen molar-refractivity contribution in [2.75, 3.05) is 5.32 Å². The molecule has 0 bridgehead atoms. The number of hydrogen-bond acceptors (Lipinski definition) is 4. The SMILES string of the molecule is CC(C)(C)c1ncc(NC(=O)c2ccc(COc3ccccc3)cc2)cn1. The topological polar surface area (TPSA) is 64.1 Å². The van der Waals surface area contributed by atoms with E-state index in [0.29, 0.717) is 17.9 Å². The molecule has 1 heterocycles. The summed E-state index contributed by atoms with van der Waals surface area (Å²) in [6, 6.07) is 17.0. The van der Waals surface area contributed by atoms with Crippen molar-refractivity contribution < 1.29 is 9.53 Å². The second-order valence-corrected chi connectivity index (χ2v) is 7.30. The number of nitrogens with one attached hydrogen (secondary N) is 1. The molecule has 2 aromatic carbocycles. The molecule has 138 valence electrons. The van der Waals surface area contributed by atoms with Crippen molar-refractivity contribution in [1.82, 2.24) is 9.97 Å². The highest BCUT2D eigenvalue weighted by Crippen LogP contribution is 2.18. The molecular formula is C22H23N3O2. The van der Waals surface area contributed by atoms with Crippen LogP contribution in [0.2, 0.25) is 0 Å². The van der Waals surface area contributed by atoms with Gasteiger partial charge in [0.25, 0.3) is 5.91 Å². The smallest absolute Gasteiger partial charge is 0.255 e. The Morgan fingerprint density at radius 3 is 2.19 bits per heavy atom. The van der Waals surface area contributed by atoms with E-state index in [1.807, 2.05) is 63.2 Å². The van der Waals surface area contributed by atoms with Crippen LogP contribution in [0, 0.1) is 0 Å². The highest BCUT2D eigenvalue weighted by atomic mass is 16.5. The van der Waals surface area contributed by atoms with E-state index in [0.717, 1.165) is 17.1 Å². The van der Waals surface area contributed by atoms with Crippen LogP contribution in [-0.2, 0) is 12.0 Å². The Kier molecular flexibility index (Phi) is 5.50. The summed E-state index contributed by atoms with van der Waals surface area (Å²) in [6.45, 7) is 6.59. The van der Waals surface area contributed by atoms with Crippen LogP contribution in [0.1, 0.15) is 42.5 Å². The molecule has 0 unspecified atom stereocenters. The van der Waals surface area contributed by atoms with Crippen LogP contribution >= 0.6 is 0 Å². The van der Waals surface area contributed by atoms with Gasteiger partial charge in [-0.3, -0.25) is 4.79 Å². The largest absolute Gasteiger partial charge is 0.489 e. The number of nitrogens with zero attached hydrogens (tertiary/aromatic N) is 2. The minimum atomic E-state index is -0.197. The first-order valence-corrected chi connectivity index (χ1v) is 8.82. The Labute approximate surface area is 159 Å². The summed E-state index contributed by atoms with van der Waals surface area (Å²) in [4.78, 5) is 21.0. The summed E-state index contributed by atoms with van der Waals surface area (Å²) in [5.74, 6) is 1.36. The number of anilines is 1. The van der Waals surface area contributed by atoms with Gasteiger partial charge in [0, 0.05) is 11.0 Å². The van der Waals surface area contributed by atoms with E-state index >= 15 is 0 Å². The first-order valence-electron chi connectivity index (χ1n) is 8.82. The van der Waals surface area contributed by atoms with Crippen LogP contribution in [0.5, 0.6) is 5.75 Å². The number of ether oxygens (including phenoxy) is 1. The van der Waals surface area contributed by atoms with Crippen molar-refractivity contribution in [1.29, 1.82) is 0 Å². The van der Waals surface area contributed by atoms with Gasteiger partial charge >= 0.3 is 0 Å². The van der Waals surface area contributed by atoms with E-state index in [-0.39, 0.29) is 11.3 Å². The number of aromatic nitrogens is 2. The molecule has 0 aliphatic carbocycles. The monoisotopic (exact) mass is 361 g/mol. The molecule has 5 heteroatoms. The molecule has 0 saturated heterocycles. The highest BCUT2D eigenvalue weighted by Gasteiger charge is 2.17. The molecule has 5 nitrogen and oxygen atoms in total. The van der Waals surface area contributed by atoms with Gasteiger partial charge in [-0.05, 0) is 29.8 Å². The van der Waals surface area contributed by atoms with Crippen LogP contribution in [-0.4, -0.2) is 15.9 Å². The van der Waals surface area contributed by atoms with Crippen molar-refractivity contribution in [3.05, 3.63) is 83.9 Å². The minimum Gasteiger partial charge on any atom is -0.489 e. The Bertz CT molecular complexity index is 884. The summed E-state index contributed by atoms with van der Waals surface area (Å²) in [5.41, 5.74) is 2.01. The number of carbonyl (C=O) groups excluding carboxylic acids is 1. The predicted octanol–water partition coefficient (Wildman–Crippen LogP) is 4.61. The molecule has 1 amide bonds. The van der Waals surface area contributed by atoms with E-state index in [2.05, 4.69) is 15.3 Å². The van der Waals surface area contributed by atoms with Crippen molar-refractivity contribution in [3.8, 4) is 5.75 Å². The molecular weight excluding hydrogens is 338 g/mol. The highest BCUT2D eigenvalue weighted by molar-refractivity contribution is 6.04. The molecule has 3 rings (SSSR count). The van der Waals surface area contributed by atoms with Gasteiger partial charge in [0.2, 0.25) is 0 Å². The number of amides is 1. The van der Waals surface area contributed by atoms with Gasteiger partial charge in [0.15, 0.2) is 0 Å². The van der Waals surface area contributed by atoms with Gasteiger partial charge in [-0.25, -0.2) is 9.97 Å². The average Bonchev–Trinajstić information content (AvgIpc) is 2.67. The number of para-hydroxylation sites is 1. The summed E-state index contributed by atoms with van der Waals surface area (Å²) in [5, 5.41) is 2.82. The maximum absolute atomic E-state index is 12.4. The Hall–Kier alpha value is -3.21. The van der Waals surface area contributed by atoms with Crippen LogP contribution in [0.3, 0.4) is 0 Å². The zero-order valence-corrected chi connectivity index (χ0v) is 15.8. The van der Waals surface area contributed by atoms with Crippen molar-refractivity contribution in [2.24, 2.45) is 0 Å². The Balaban J connectivity index is 1.58. The summed E-state index contributed by atoms with van der Waals surface area (Å²) in [7, 11) is 0. The molecule has 0 aliphatic rings. The number of rotatable bonds is 5. The molecule has 0 fully saturated rings. The fourth-order valence-corrected chi connectivity index (χ4v) is 2.42. The van der Waals surface area contributed by atoms with Gasteiger partial charge in [-0.15, -0.1) is 0 Å². The Morgan fingerprint density at radius 1 is 0.963 bits per heavy atom. The lowest BCUT2D eigenvalue weighted by Gasteiger charge is -2.16. The fraction of sp³-hybridized carbons (Fsp3) is 0.227. The van der Waals surface area contributed by atoms with E-state index in [1.54, 1.807) is 24.5 Å². The van der Waals surface area contributed by atoms with Gasteiger partial charge in [0.1, 0.15) is 18.2 Å². The molecule has 0 spiro atoms. The minimum absolute atomic E-state index is 0.125. The van der Waals surface area contributed by atoms with Crippen LogP contribution in [0.25, 0.3) is 0 Å². The number of carbonyl (C=O) groups is 1. The standard InChI is InChI=1S/C22H23N3O2/c1-22(2,3)21-23-13-18(14-24-21)25-20(26)17-11-9-16(10-12-17)15-27-19-7-5-4-6-8-19/h4-14H,15H2,1-3H3,(H,25,26). The van der Waals surface area contributed by atoms with Gasteiger partial charge in [-0.2, -0.15) is 0 Å². The van der Waals surface area contributed by atoms with E-state index in [1.165, 1.54) is 0 Å². The zero-order valence-electron chi connectivity index (χ0n) is 15.8. The van der Waals surface area contributed by atoms with Gasteiger partial charge in [0.05, 0.1) is 18.1 Å². The van der Waals surface area contributed by atoms with E-state index in [4.69, 9.17) is 4.74 Å². The molecule has 0 atom stereocenters. The van der Waals surface area contributed by atoms with Crippen LogP contribution < -0.4 is 10.1 Å². The van der Waals surface area contributed by atoms with Crippen LogP contribution in [0.4, 0.5) is 5.69 Å². The quantitative estimate of drug-likeness (QED) is 0.721. The number of hydrogen-bond donors (Lipinski definition) is 1. The molecule has 27 heavy (non-hydrogen) atoms. The number of benzene rings is 2. The van der Waals surface area contributed by atoms with Gasteiger partial charge in [-0.1, -0.05) is 51.1 Å². The maximum atomic E-state index is 12.4. The first-order chi connectivity index (χ1) is 12.9. The summed E-state index contributed by atoms with van der Waals surface area (Å²) >= 11 is 0. The zero-order chi connectivity index (χ0) is 19.3. The van der Waals surface area contributed by atoms with Gasteiger partial charge < -0.3 is 10.1 Å². The maximum Gasteiger partial charge on any atom is 0.255 e. The lowest BCUT2D eigenvalue weighted by atomic mass is 9.96. The molecule has 3 aromatic rings. The summed E-state index contributed by atoms with van der Waals surface area (Å²) in [6.07, 6.45) is 3.26. The Morgan fingerprint density at radius 2 is 1.59 bits per heavy atom. The average molecular weight is 361 g/mol. The molecule has 0 aliphatic heterocycles. The second kappa shape index (κ2) is 7.99. The third-order valence-electron chi connectivity index (χ3n) is 3.95. The van der Waals surface area contributed by atoms with Crippen molar-refractivity contribution in [2.45, 2.75) is 32.8 Å². The van der Waals surface area contributed by atoms with E-state index < -0.39 is 0 Å². The predicted molar refractivity (Wildman–Crippen MR) is 106 cm³/mol.